The van der Waals surface area contributed by atoms with Crippen LogP contribution in [0.4, 0.5) is 0 Å². The van der Waals surface area contributed by atoms with Crippen molar-refractivity contribution < 1.29 is 4.79 Å². The lowest BCUT2D eigenvalue weighted by Gasteiger charge is -2.39. The highest BCUT2D eigenvalue weighted by atomic mass is 32.2. The van der Waals surface area contributed by atoms with Crippen LogP contribution in [-0.4, -0.2) is 59.2 Å². The van der Waals surface area contributed by atoms with Crippen LogP contribution in [0.1, 0.15) is 37.0 Å². The molecule has 0 aliphatic carbocycles. The molecule has 1 aromatic rings. The van der Waals surface area contributed by atoms with Crippen LogP contribution >= 0.6 is 11.8 Å². The third-order valence-electron chi connectivity index (χ3n) is 4.32. The molecule has 21 heavy (non-hydrogen) atoms. The van der Waals surface area contributed by atoms with Gasteiger partial charge in [0, 0.05) is 37.4 Å². The standard InChI is InChI=1S/C16H25N3OS/c1-5-21-15-11-13(6-8-17-15)16(20)19(4)14-7-9-18(3)12(2)10-14/h6,8,11-12,14H,5,7,9-10H2,1-4H3/t12-,14-/m1/s1. The molecule has 116 valence electrons. The van der Waals surface area contributed by atoms with Crippen molar-refractivity contribution in [2.45, 2.75) is 43.8 Å². The Kier molecular flexibility index (Phi) is 5.65. The molecule has 1 fully saturated rings. The highest BCUT2D eigenvalue weighted by molar-refractivity contribution is 7.99. The molecule has 1 saturated heterocycles. The molecule has 0 radical (unpaired) electrons. The Morgan fingerprint density at radius 2 is 2.33 bits per heavy atom. The summed E-state index contributed by atoms with van der Waals surface area (Å²) in [6.45, 7) is 5.37. The van der Waals surface area contributed by atoms with Gasteiger partial charge in [-0.2, -0.15) is 0 Å². The smallest absolute Gasteiger partial charge is 0.253 e. The van der Waals surface area contributed by atoms with Gasteiger partial charge in [-0.15, -0.1) is 11.8 Å². The Morgan fingerprint density at radius 3 is 3.00 bits per heavy atom. The summed E-state index contributed by atoms with van der Waals surface area (Å²) in [4.78, 5) is 21.2. The van der Waals surface area contributed by atoms with E-state index in [0.29, 0.717) is 12.1 Å². The fraction of sp³-hybridized carbons (Fsp3) is 0.625. The molecule has 2 rings (SSSR count). The fourth-order valence-electron chi connectivity index (χ4n) is 2.76. The van der Waals surface area contributed by atoms with Crippen LogP contribution in [0.3, 0.4) is 0 Å². The van der Waals surface area contributed by atoms with Crippen molar-refractivity contribution in [3.05, 3.63) is 23.9 Å². The van der Waals surface area contributed by atoms with Gasteiger partial charge >= 0.3 is 0 Å². The Bertz CT molecular complexity index is 494. The number of aromatic nitrogens is 1. The van der Waals surface area contributed by atoms with Gasteiger partial charge in [-0.1, -0.05) is 6.92 Å². The third-order valence-corrected chi connectivity index (χ3v) is 5.13. The Balaban J connectivity index is 2.06. The van der Waals surface area contributed by atoms with Crippen molar-refractivity contribution in [3.63, 3.8) is 0 Å². The third kappa shape index (κ3) is 3.98. The van der Waals surface area contributed by atoms with E-state index >= 15 is 0 Å². The zero-order valence-corrected chi connectivity index (χ0v) is 14.2. The Labute approximate surface area is 131 Å². The van der Waals surface area contributed by atoms with Gasteiger partial charge in [0.2, 0.25) is 0 Å². The summed E-state index contributed by atoms with van der Waals surface area (Å²) in [5.41, 5.74) is 0.745. The minimum atomic E-state index is 0.108. The van der Waals surface area contributed by atoms with E-state index in [2.05, 4.69) is 30.8 Å². The summed E-state index contributed by atoms with van der Waals surface area (Å²) in [6.07, 6.45) is 3.82. The second-order valence-electron chi connectivity index (χ2n) is 5.74. The first kappa shape index (κ1) is 16.3. The van der Waals surface area contributed by atoms with E-state index in [1.165, 1.54) is 0 Å². The van der Waals surface area contributed by atoms with Gasteiger partial charge in [0.15, 0.2) is 0 Å². The van der Waals surface area contributed by atoms with Crippen molar-refractivity contribution in [1.29, 1.82) is 0 Å². The molecule has 5 heteroatoms. The molecule has 1 amide bonds. The molecule has 1 aliphatic rings. The highest BCUT2D eigenvalue weighted by Gasteiger charge is 2.28. The number of hydrogen-bond donors (Lipinski definition) is 0. The van der Waals surface area contributed by atoms with E-state index in [9.17, 15) is 4.79 Å². The molecule has 0 bridgehead atoms. The molecular weight excluding hydrogens is 282 g/mol. The quantitative estimate of drug-likeness (QED) is 0.802. The lowest BCUT2D eigenvalue weighted by atomic mass is 9.97. The molecule has 1 aliphatic heterocycles. The van der Waals surface area contributed by atoms with E-state index < -0.39 is 0 Å². The molecule has 0 unspecified atom stereocenters. The summed E-state index contributed by atoms with van der Waals surface area (Å²) < 4.78 is 0. The van der Waals surface area contributed by atoms with Gasteiger partial charge in [0.1, 0.15) is 0 Å². The number of likely N-dealkylation sites (tertiary alicyclic amines) is 1. The molecule has 2 heterocycles. The second-order valence-corrected chi connectivity index (χ2v) is 7.02. The summed E-state index contributed by atoms with van der Waals surface area (Å²) in [6, 6.07) is 4.59. The monoisotopic (exact) mass is 307 g/mol. The van der Waals surface area contributed by atoms with Gasteiger partial charge < -0.3 is 9.80 Å². The summed E-state index contributed by atoms with van der Waals surface area (Å²) in [5, 5.41) is 0.925. The maximum absolute atomic E-state index is 12.7. The predicted octanol–water partition coefficient (Wildman–Crippen LogP) is 2.75. The zero-order valence-electron chi connectivity index (χ0n) is 13.4. The molecule has 0 aromatic carbocycles. The lowest BCUT2D eigenvalue weighted by molar-refractivity contribution is 0.0598. The summed E-state index contributed by atoms with van der Waals surface area (Å²) in [7, 11) is 4.08. The van der Waals surface area contributed by atoms with E-state index in [4.69, 9.17) is 0 Å². The van der Waals surface area contributed by atoms with Crippen molar-refractivity contribution in [3.8, 4) is 0 Å². The van der Waals surface area contributed by atoms with E-state index in [0.717, 1.165) is 35.7 Å². The number of thioether (sulfide) groups is 1. The van der Waals surface area contributed by atoms with Gasteiger partial charge in [-0.3, -0.25) is 4.79 Å². The van der Waals surface area contributed by atoms with Gasteiger partial charge in [-0.05, 0) is 44.7 Å². The van der Waals surface area contributed by atoms with E-state index in [1.54, 1.807) is 18.0 Å². The molecule has 0 spiro atoms. The highest BCUT2D eigenvalue weighted by Crippen LogP contribution is 2.22. The number of nitrogens with zero attached hydrogens (tertiary/aromatic N) is 3. The minimum Gasteiger partial charge on any atom is -0.339 e. The first-order valence-corrected chi connectivity index (χ1v) is 8.57. The molecule has 0 N–H and O–H groups in total. The lowest BCUT2D eigenvalue weighted by Crippen LogP contribution is -2.48. The average Bonchev–Trinajstić information content (AvgIpc) is 2.49. The average molecular weight is 307 g/mol. The van der Waals surface area contributed by atoms with Crippen molar-refractivity contribution >= 4 is 17.7 Å². The van der Waals surface area contributed by atoms with Crippen molar-refractivity contribution in [1.82, 2.24) is 14.8 Å². The first-order chi connectivity index (χ1) is 10.0. The van der Waals surface area contributed by atoms with Crippen LogP contribution < -0.4 is 0 Å². The van der Waals surface area contributed by atoms with Crippen LogP contribution in [0.5, 0.6) is 0 Å². The number of carbonyl (C=O) groups excluding carboxylic acids is 1. The number of piperidine rings is 1. The number of rotatable bonds is 4. The number of carbonyl (C=O) groups is 1. The van der Waals surface area contributed by atoms with Gasteiger partial charge in [0.05, 0.1) is 5.03 Å². The Morgan fingerprint density at radius 1 is 1.57 bits per heavy atom. The van der Waals surface area contributed by atoms with Crippen LogP contribution in [0.2, 0.25) is 0 Å². The van der Waals surface area contributed by atoms with Crippen molar-refractivity contribution in [2.75, 3.05) is 26.4 Å². The maximum atomic E-state index is 12.7. The van der Waals surface area contributed by atoms with Crippen LogP contribution in [-0.2, 0) is 0 Å². The van der Waals surface area contributed by atoms with Gasteiger partial charge in [0.25, 0.3) is 5.91 Å². The molecular formula is C16H25N3OS. The van der Waals surface area contributed by atoms with Crippen LogP contribution in [0.25, 0.3) is 0 Å². The SMILES string of the molecule is CCSc1cc(C(=O)N(C)[C@@H]2CCN(C)[C@H](C)C2)ccn1. The topological polar surface area (TPSA) is 36.4 Å². The first-order valence-electron chi connectivity index (χ1n) is 7.59. The summed E-state index contributed by atoms with van der Waals surface area (Å²) in [5.74, 6) is 1.07. The normalized spacial score (nSPS) is 23.0. The predicted molar refractivity (Wildman–Crippen MR) is 87.8 cm³/mol. The minimum absolute atomic E-state index is 0.108. The largest absolute Gasteiger partial charge is 0.339 e. The molecule has 1 aromatic heterocycles. The van der Waals surface area contributed by atoms with Crippen LogP contribution in [0.15, 0.2) is 23.4 Å². The molecule has 2 atom stereocenters. The number of amides is 1. The second kappa shape index (κ2) is 7.27. The van der Waals surface area contributed by atoms with Gasteiger partial charge in [-0.25, -0.2) is 4.98 Å². The number of pyridine rings is 1. The summed E-state index contributed by atoms with van der Waals surface area (Å²) >= 11 is 1.67. The fourth-order valence-corrected chi connectivity index (χ4v) is 3.40. The van der Waals surface area contributed by atoms with E-state index in [-0.39, 0.29) is 5.91 Å². The zero-order chi connectivity index (χ0) is 15.4. The van der Waals surface area contributed by atoms with E-state index in [1.807, 2.05) is 24.1 Å². The molecule has 4 nitrogen and oxygen atoms in total. The number of hydrogen-bond acceptors (Lipinski definition) is 4. The maximum Gasteiger partial charge on any atom is 0.253 e. The molecule has 0 saturated carbocycles. The Hall–Kier alpha value is -1.07. The van der Waals surface area contributed by atoms with Crippen molar-refractivity contribution in [2.24, 2.45) is 0 Å². The van der Waals surface area contributed by atoms with Crippen LogP contribution in [0, 0.1) is 0 Å².